The molecule has 0 saturated carbocycles. The van der Waals surface area contributed by atoms with Gasteiger partial charge in [0, 0.05) is 4.90 Å². The molecule has 0 saturated heterocycles. The van der Waals surface area contributed by atoms with Gasteiger partial charge in [-0.05, 0) is 37.7 Å². The first-order chi connectivity index (χ1) is 10.2. The van der Waals surface area contributed by atoms with Crippen LogP contribution in [0.2, 0.25) is 0 Å². The van der Waals surface area contributed by atoms with Crippen molar-refractivity contribution in [1.29, 1.82) is 0 Å². The summed E-state index contributed by atoms with van der Waals surface area (Å²) < 4.78 is 5.10. The number of hydrogen-bond donors (Lipinski definition) is 1. The number of allylic oxidation sites excluding steroid dienone is 2. The number of para-hydroxylation sites is 1. The summed E-state index contributed by atoms with van der Waals surface area (Å²) in [6.45, 7) is -0.234. The number of benzene rings is 1. The van der Waals surface area contributed by atoms with E-state index < -0.39 is 0 Å². The number of nitrogens with one attached hydrogen (secondary N) is 1. The van der Waals surface area contributed by atoms with Crippen molar-refractivity contribution in [1.82, 2.24) is 0 Å². The van der Waals surface area contributed by atoms with Gasteiger partial charge in [-0.15, -0.1) is 11.8 Å². The van der Waals surface area contributed by atoms with Crippen molar-refractivity contribution in [2.24, 2.45) is 5.92 Å². The van der Waals surface area contributed by atoms with Crippen LogP contribution < -0.4 is 5.32 Å². The molecule has 0 aliphatic heterocycles. The minimum Gasteiger partial charge on any atom is -0.455 e. The Bertz CT molecular complexity index is 542. The number of hydrogen-bond acceptors (Lipinski definition) is 4. The van der Waals surface area contributed by atoms with E-state index in [1.807, 2.05) is 36.6 Å². The Hall–Kier alpha value is -1.75. The van der Waals surface area contributed by atoms with Gasteiger partial charge in [0.05, 0.1) is 11.6 Å². The minimum atomic E-state index is -0.309. The van der Waals surface area contributed by atoms with Crippen molar-refractivity contribution < 1.29 is 14.3 Å². The van der Waals surface area contributed by atoms with Crippen LogP contribution in [0.25, 0.3) is 0 Å². The zero-order valence-electron chi connectivity index (χ0n) is 12.0. The standard InChI is InChI=1S/C16H19NO3S/c1-21-14-10-6-5-9-13(14)17-15(18)11-20-16(19)12-7-3-2-4-8-12/h2-3,5-6,9-10,12H,4,7-8,11H2,1H3,(H,17,18)/t12-/m1/s1. The van der Waals surface area contributed by atoms with E-state index in [9.17, 15) is 9.59 Å². The number of ether oxygens (including phenoxy) is 1. The molecule has 1 aliphatic carbocycles. The molecule has 0 fully saturated rings. The lowest BCUT2D eigenvalue weighted by Crippen LogP contribution is -2.25. The molecule has 0 unspecified atom stereocenters. The van der Waals surface area contributed by atoms with E-state index in [1.165, 1.54) is 0 Å². The first-order valence-electron chi connectivity index (χ1n) is 6.95. The first kappa shape index (κ1) is 15.6. The molecule has 0 spiro atoms. The molecule has 1 N–H and O–H groups in total. The fraction of sp³-hybridized carbons (Fsp3) is 0.375. The molecule has 0 bridgehead atoms. The van der Waals surface area contributed by atoms with Crippen molar-refractivity contribution in [2.45, 2.75) is 24.2 Å². The van der Waals surface area contributed by atoms with Gasteiger partial charge in [0.25, 0.3) is 5.91 Å². The molecule has 0 radical (unpaired) electrons. The van der Waals surface area contributed by atoms with Gasteiger partial charge >= 0.3 is 5.97 Å². The summed E-state index contributed by atoms with van der Waals surface area (Å²) in [5, 5.41) is 2.77. The van der Waals surface area contributed by atoms with E-state index in [-0.39, 0.29) is 24.4 Å². The van der Waals surface area contributed by atoms with Crippen molar-refractivity contribution in [3.8, 4) is 0 Å². The summed E-state index contributed by atoms with van der Waals surface area (Å²) >= 11 is 1.55. The van der Waals surface area contributed by atoms with E-state index in [0.29, 0.717) is 6.42 Å². The Kier molecular flexibility index (Phi) is 5.87. The van der Waals surface area contributed by atoms with Crippen LogP contribution in [-0.2, 0) is 14.3 Å². The molecule has 21 heavy (non-hydrogen) atoms. The van der Waals surface area contributed by atoms with E-state index in [4.69, 9.17) is 4.74 Å². The van der Waals surface area contributed by atoms with Crippen molar-refractivity contribution in [3.63, 3.8) is 0 Å². The number of esters is 1. The Balaban J connectivity index is 1.82. The Labute approximate surface area is 128 Å². The normalized spacial score (nSPS) is 17.3. The van der Waals surface area contributed by atoms with Crippen LogP contribution in [0.15, 0.2) is 41.3 Å². The third kappa shape index (κ3) is 4.63. The Morgan fingerprint density at radius 1 is 1.33 bits per heavy atom. The van der Waals surface area contributed by atoms with E-state index in [0.717, 1.165) is 23.4 Å². The number of amides is 1. The molecule has 112 valence electrons. The van der Waals surface area contributed by atoms with Gasteiger partial charge in [0.15, 0.2) is 6.61 Å². The topological polar surface area (TPSA) is 55.4 Å². The molecular weight excluding hydrogens is 286 g/mol. The molecule has 0 aromatic heterocycles. The van der Waals surface area contributed by atoms with E-state index in [1.54, 1.807) is 11.8 Å². The molecule has 1 amide bonds. The second-order valence-corrected chi connectivity index (χ2v) is 5.69. The van der Waals surface area contributed by atoms with Crippen molar-refractivity contribution in [2.75, 3.05) is 18.2 Å². The zero-order valence-corrected chi connectivity index (χ0v) is 12.8. The molecule has 0 heterocycles. The minimum absolute atomic E-state index is 0.110. The van der Waals surface area contributed by atoms with Gasteiger partial charge in [0.1, 0.15) is 0 Å². The highest BCUT2D eigenvalue weighted by molar-refractivity contribution is 7.98. The van der Waals surface area contributed by atoms with Gasteiger partial charge in [-0.2, -0.15) is 0 Å². The molecule has 1 aromatic carbocycles. The second-order valence-electron chi connectivity index (χ2n) is 4.84. The molecule has 1 atom stereocenters. The highest BCUT2D eigenvalue weighted by Gasteiger charge is 2.21. The number of carbonyl (C=O) groups excluding carboxylic acids is 2. The lowest BCUT2D eigenvalue weighted by molar-refractivity contribution is -0.151. The van der Waals surface area contributed by atoms with Crippen LogP contribution in [-0.4, -0.2) is 24.7 Å². The lowest BCUT2D eigenvalue weighted by atomic mass is 9.95. The number of anilines is 1. The number of thioether (sulfide) groups is 1. The van der Waals surface area contributed by atoms with Gasteiger partial charge in [-0.3, -0.25) is 9.59 Å². The summed E-state index contributed by atoms with van der Waals surface area (Å²) in [5.41, 5.74) is 0.742. The molecule has 4 nitrogen and oxygen atoms in total. The van der Waals surface area contributed by atoms with Crippen LogP contribution in [0.4, 0.5) is 5.69 Å². The number of carbonyl (C=O) groups is 2. The molecule has 1 aromatic rings. The average molecular weight is 305 g/mol. The van der Waals surface area contributed by atoms with Gasteiger partial charge < -0.3 is 10.1 Å². The van der Waals surface area contributed by atoms with E-state index >= 15 is 0 Å². The molecule has 2 rings (SSSR count). The Morgan fingerprint density at radius 2 is 2.14 bits per heavy atom. The lowest BCUT2D eigenvalue weighted by Gasteiger charge is -2.16. The average Bonchev–Trinajstić information content (AvgIpc) is 2.54. The van der Waals surface area contributed by atoms with E-state index in [2.05, 4.69) is 11.4 Å². The quantitative estimate of drug-likeness (QED) is 0.515. The zero-order chi connectivity index (χ0) is 15.1. The predicted octanol–water partition coefficient (Wildman–Crippen LogP) is 3.25. The summed E-state index contributed by atoms with van der Waals surface area (Å²) in [6, 6.07) is 7.53. The SMILES string of the molecule is CSc1ccccc1NC(=O)COC(=O)[C@@H]1CC=CCC1. The summed E-state index contributed by atoms with van der Waals surface area (Å²) in [7, 11) is 0. The smallest absolute Gasteiger partial charge is 0.309 e. The second kappa shape index (κ2) is 7.88. The van der Waals surface area contributed by atoms with Gasteiger partial charge in [0.2, 0.25) is 0 Å². The highest BCUT2D eigenvalue weighted by Crippen LogP contribution is 2.24. The summed E-state index contributed by atoms with van der Waals surface area (Å²) in [5.74, 6) is -0.704. The van der Waals surface area contributed by atoms with Crippen molar-refractivity contribution >= 4 is 29.3 Å². The van der Waals surface area contributed by atoms with Crippen LogP contribution in [0.1, 0.15) is 19.3 Å². The summed E-state index contributed by atoms with van der Waals surface area (Å²) in [6.07, 6.45) is 8.40. The van der Waals surface area contributed by atoms with Crippen LogP contribution in [0.5, 0.6) is 0 Å². The maximum Gasteiger partial charge on any atom is 0.309 e. The Morgan fingerprint density at radius 3 is 2.86 bits per heavy atom. The molecule has 1 aliphatic rings. The first-order valence-corrected chi connectivity index (χ1v) is 8.17. The summed E-state index contributed by atoms with van der Waals surface area (Å²) in [4.78, 5) is 24.7. The number of rotatable bonds is 5. The largest absolute Gasteiger partial charge is 0.455 e. The fourth-order valence-corrected chi connectivity index (χ4v) is 2.75. The van der Waals surface area contributed by atoms with Crippen LogP contribution in [0.3, 0.4) is 0 Å². The molecule has 5 heteroatoms. The van der Waals surface area contributed by atoms with Crippen LogP contribution >= 0.6 is 11.8 Å². The molecular formula is C16H19NO3S. The maximum absolute atomic E-state index is 11.9. The van der Waals surface area contributed by atoms with Gasteiger partial charge in [-0.1, -0.05) is 24.3 Å². The highest BCUT2D eigenvalue weighted by atomic mass is 32.2. The third-order valence-corrected chi connectivity index (χ3v) is 4.12. The van der Waals surface area contributed by atoms with Crippen molar-refractivity contribution in [3.05, 3.63) is 36.4 Å². The fourth-order valence-electron chi connectivity index (χ4n) is 2.20. The van der Waals surface area contributed by atoms with Crippen LogP contribution in [0, 0.1) is 5.92 Å². The third-order valence-electron chi connectivity index (χ3n) is 3.33. The predicted molar refractivity (Wildman–Crippen MR) is 84.3 cm³/mol. The monoisotopic (exact) mass is 305 g/mol. The van der Waals surface area contributed by atoms with Gasteiger partial charge in [-0.25, -0.2) is 0 Å². The maximum atomic E-state index is 11.9.